The molecule has 0 N–H and O–H groups in total. The molecule has 1 heterocycles. The highest BCUT2D eigenvalue weighted by Crippen LogP contribution is 2.34. The molecule has 4 heteroatoms. The topological polar surface area (TPSA) is 40.6 Å². The third-order valence-electron chi connectivity index (χ3n) is 3.64. The van der Waals surface area contributed by atoms with Crippen molar-refractivity contribution in [3.63, 3.8) is 0 Å². The number of hydrogen-bond acceptors (Lipinski definition) is 2. The standard InChI is InChI=1S/C14H18N2O2/c1-4-14(11-8-6-5-7-9-11)12(17)15(2)10-16(3)13(14)18/h5-9H,4,10H2,1-3H3. The lowest BCUT2D eigenvalue weighted by Gasteiger charge is -2.43. The lowest BCUT2D eigenvalue weighted by atomic mass is 9.74. The van der Waals surface area contributed by atoms with Crippen molar-refractivity contribution in [2.45, 2.75) is 18.8 Å². The van der Waals surface area contributed by atoms with E-state index < -0.39 is 5.41 Å². The average Bonchev–Trinajstić information content (AvgIpc) is 2.39. The van der Waals surface area contributed by atoms with Gasteiger partial charge in [-0.2, -0.15) is 0 Å². The summed E-state index contributed by atoms with van der Waals surface area (Å²) in [6.07, 6.45) is 0.476. The summed E-state index contributed by atoms with van der Waals surface area (Å²) in [5, 5.41) is 0. The molecule has 0 aliphatic carbocycles. The second-order valence-electron chi connectivity index (χ2n) is 4.77. The molecule has 18 heavy (non-hydrogen) atoms. The van der Waals surface area contributed by atoms with Gasteiger partial charge in [-0.05, 0) is 12.0 Å². The largest absolute Gasteiger partial charge is 0.327 e. The van der Waals surface area contributed by atoms with Crippen LogP contribution in [0.1, 0.15) is 18.9 Å². The Morgan fingerprint density at radius 1 is 1.06 bits per heavy atom. The van der Waals surface area contributed by atoms with Gasteiger partial charge in [-0.15, -0.1) is 0 Å². The predicted octanol–water partition coefficient (Wildman–Crippen LogP) is 1.22. The fourth-order valence-corrected chi connectivity index (χ4v) is 2.67. The molecule has 96 valence electrons. The molecule has 0 atom stereocenters. The highest BCUT2D eigenvalue weighted by Gasteiger charge is 2.51. The minimum absolute atomic E-state index is 0.112. The Labute approximate surface area is 107 Å². The summed E-state index contributed by atoms with van der Waals surface area (Å²) < 4.78 is 0. The molecular formula is C14H18N2O2. The van der Waals surface area contributed by atoms with Crippen molar-refractivity contribution in [3.8, 4) is 0 Å². The first-order chi connectivity index (χ1) is 8.54. The van der Waals surface area contributed by atoms with E-state index in [4.69, 9.17) is 0 Å². The third kappa shape index (κ3) is 1.60. The van der Waals surface area contributed by atoms with Gasteiger partial charge in [0.1, 0.15) is 0 Å². The minimum Gasteiger partial charge on any atom is -0.327 e. The molecule has 4 nitrogen and oxygen atoms in total. The smallest absolute Gasteiger partial charge is 0.243 e. The second kappa shape index (κ2) is 4.44. The van der Waals surface area contributed by atoms with Gasteiger partial charge in [0.2, 0.25) is 11.8 Å². The number of carbonyl (C=O) groups excluding carboxylic acids is 2. The Bertz CT molecular complexity index is 450. The van der Waals surface area contributed by atoms with Crippen LogP contribution in [-0.4, -0.2) is 42.4 Å². The zero-order valence-corrected chi connectivity index (χ0v) is 11.0. The summed E-state index contributed by atoms with van der Waals surface area (Å²) in [6.45, 7) is 2.24. The van der Waals surface area contributed by atoms with Crippen LogP contribution in [0.15, 0.2) is 30.3 Å². The van der Waals surface area contributed by atoms with Gasteiger partial charge >= 0.3 is 0 Å². The molecule has 1 saturated heterocycles. The maximum Gasteiger partial charge on any atom is 0.243 e. The summed E-state index contributed by atoms with van der Waals surface area (Å²) in [5.74, 6) is -0.224. The van der Waals surface area contributed by atoms with Crippen LogP contribution in [0.25, 0.3) is 0 Å². The predicted molar refractivity (Wildman–Crippen MR) is 68.8 cm³/mol. The summed E-state index contributed by atoms with van der Waals surface area (Å²) >= 11 is 0. The molecular weight excluding hydrogens is 228 g/mol. The lowest BCUT2D eigenvalue weighted by Crippen LogP contribution is -2.62. The number of rotatable bonds is 2. The number of benzene rings is 1. The summed E-state index contributed by atoms with van der Waals surface area (Å²) in [4.78, 5) is 28.2. The summed E-state index contributed by atoms with van der Waals surface area (Å²) in [5.41, 5.74) is -0.274. The highest BCUT2D eigenvalue weighted by molar-refractivity contribution is 6.12. The lowest BCUT2D eigenvalue weighted by molar-refractivity contribution is -0.159. The van der Waals surface area contributed by atoms with Gasteiger partial charge in [0.05, 0.1) is 6.67 Å². The van der Waals surface area contributed by atoms with Crippen molar-refractivity contribution in [2.75, 3.05) is 20.8 Å². The van der Waals surface area contributed by atoms with Gasteiger partial charge in [0, 0.05) is 14.1 Å². The van der Waals surface area contributed by atoms with Crippen LogP contribution in [0.4, 0.5) is 0 Å². The molecule has 0 spiro atoms. The van der Waals surface area contributed by atoms with Crippen LogP contribution < -0.4 is 0 Å². The average molecular weight is 246 g/mol. The number of likely N-dealkylation sites (N-methyl/N-ethyl adjacent to an activating group) is 2. The molecule has 1 aliphatic rings. The Balaban J connectivity index is 2.59. The first-order valence-corrected chi connectivity index (χ1v) is 6.10. The summed E-state index contributed by atoms with van der Waals surface area (Å²) in [7, 11) is 3.47. The Morgan fingerprint density at radius 3 is 2.00 bits per heavy atom. The van der Waals surface area contributed by atoms with Gasteiger partial charge in [0.15, 0.2) is 5.41 Å². The van der Waals surface area contributed by atoms with E-state index in [1.54, 1.807) is 23.9 Å². The van der Waals surface area contributed by atoms with E-state index in [0.717, 1.165) is 5.56 Å². The summed E-state index contributed by atoms with van der Waals surface area (Å²) in [6, 6.07) is 9.32. The molecule has 1 aliphatic heterocycles. The maximum absolute atomic E-state index is 12.5. The zero-order valence-electron chi connectivity index (χ0n) is 11.0. The van der Waals surface area contributed by atoms with E-state index in [1.807, 2.05) is 37.3 Å². The number of carbonyl (C=O) groups is 2. The fraction of sp³-hybridized carbons (Fsp3) is 0.429. The van der Waals surface area contributed by atoms with Gasteiger partial charge in [-0.3, -0.25) is 9.59 Å². The van der Waals surface area contributed by atoms with E-state index in [0.29, 0.717) is 13.1 Å². The van der Waals surface area contributed by atoms with Crippen LogP contribution in [-0.2, 0) is 15.0 Å². The van der Waals surface area contributed by atoms with E-state index in [9.17, 15) is 9.59 Å². The molecule has 2 amide bonds. The zero-order chi connectivity index (χ0) is 13.3. The van der Waals surface area contributed by atoms with Crippen LogP contribution in [0.3, 0.4) is 0 Å². The Hall–Kier alpha value is -1.84. The van der Waals surface area contributed by atoms with E-state index in [1.165, 1.54) is 0 Å². The number of hydrogen-bond donors (Lipinski definition) is 0. The number of nitrogens with zero attached hydrogens (tertiary/aromatic N) is 2. The maximum atomic E-state index is 12.5. The van der Waals surface area contributed by atoms with Gasteiger partial charge < -0.3 is 9.80 Å². The van der Waals surface area contributed by atoms with Gasteiger partial charge in [0.25, 0.3) is 0 Å². The first-order valence-electron chi connectivity index (χ1n) is 6.10. The molecule has 2 rings (SSSR count). The van der Waals surface area contributed by atoms with Gasteiger partial charge in [-0.25, -0.2) is 0 Å². The second-order valence-corrected chi connectivity index (χ2v) is 4.77. The molecule has 0 aromatic heterocycles. The first kappa shape index (κ1) is 12.6. The van der Waals surface area contributed by atoms with E-state index in [-0.39, 0.29) is 11.8 Å². The molecule has 1 aromatic rings. The van der Waals surface area contributed by atoms with Gasteiger partial charge in [-0.1, -0.05) is 37.3 Å². The van der Waals surface area contributed by atoms with Crippen LogP contribution >= 0.6 is 0 Å². The molecule has 1 aromatic carbocycles. The Morgan fingerprint density at radius 2 is 1.56 bits per heavy atom. The normalized spacial score (nSPS) is 19.3. The van der Waals surface area contributed by atoms with Crippen LogP contribution in [0.2, 0.25) is 0 Å². The van der Waals surface area contributed by atoms with Crippen molar-refractivity contribution in [3.05, 3.63) is 35.9 Å². The molecule has 0 saturated carbocycles. The van der Waals surface area contributed by atoms with Crippen molar-refractivity contribution in [1.29, 1.82) is 0 Å². The third-order valence-corrected chi connectivity index (χ3v) is 3.64. The molecule has 0 bridgehead atoms. The molecule has 0 radical (unpaired) electrons. The SMILES string of the molecule is CCC1(c2ccccc2)C(=O)N(C)CN(C)C1=O. The van der Waals surface area contributed by atoms with Crippen molar-refractivity contribution in [2.24, 2.45) is 0 Å². The van der Waals surface area contributed by atoms with Crippen LogP contribution in [0.5, 0.6) is 0 Å². The number of amides is 2. The quantitative estimate of drug-likeness (QED) is 0.736. The molecule has 0 unspecified atom stereocenters. The fourth-order valence-electron chi connectivity index (χ4n) is 2.67. The minimum atomic E-state index is -1.05. The molecule has 1 fully saturated rings. The van der Waals surface area contributed by atoms with E-state index >= 15 is 0 Å². The van der Waals surface area contributed by atoms with Crippen molar-refractivity contribution >= 4 is 11.8 Å². The Kier molecular flexibility index (Phi) is 3.11. The highest BCUT2D eigenvalue weighted by atomic mass is 16.2. The van der Waals surface area contributed by atoms with E-state index in [2.05, 4.69) is 0 Å². The van der Waals surface area contributed by atoms with Crippen molar-refractivity contribution in [1.82, 2.24) is 9.80 Å². The monoisotopic (exact) mass is 246 g/mol. The van der Waals surface area contributed by atoms with Crippen LogP contribution in [0, 0.1) is 0 Å². The van der Waals surface area contributed by atoms with Crippen molar-refractivity contribution < 1.29 is 9.59 Å².